The maximum Gasteiger partial charge on any atom is 0.0880 e. The van der Waals surface area contributed by atoms with Crippen LogP contribution in [0.25, 0.3) is 0 Å². The molecule has 2 bridgehead atoms. The van der Waals surface area contributed by atoms with Gasteiger partial charge in [-0.1, -0.05) is 0 Å². The molecule has 0 saturated carbocycles. The van der Waals surface area contributed by atoms with E-state index in [-0.39, 0.29) is 11.7 Å². The van der Waals surface area contributed by atoms with Crippen LogP contribution in [0.5, 0.6) is 0 Å². The molecule has 0 unspecified atom stereocenters. The predicted octanol–water partition coefficient (Wildman–Crippen LogP) is 1.86. The zero-order chi connectivity index (χ0) is 8.82. The molecule has 2 rings (SSSR count). The van der Waals surface area contributed by atoms with Gasteiger partial charge < -0.3 is 9.84 Å². The minimum Gasteiger partial charge on any atom is -0.387 e. The number of hydrogen-bond donors (Lipinski definition) is 1. The molecule has 0 aromatic rings. The van der Waals surface area contributed by atoms with Crippen molar-refractivity contribution in [2.75, 3.05) is 0 Å². The van der Waals surface area contributed by atoms with Crippen LogP contribution in [0.15, 0.2) is 0 Å². The van der Waals surface area contributed by atoms with Crippen LogP contribution in [0, 0.1) is 0 Å². The zero-order valence-electron chi connectivity index (χ0n) is 7.97. The summed E-state index contributed by atoms with van der Waals surface area (Å²) in [4.78, 5) is 0. The molecule has 0 aliphatic carbocycles. The molecule has 2 heterocycles. The first kappa shape index (κ1) is 8.52. The fourth-order valence-electron chi connectivity index (χ4n) is 2.50. The van der Waals surface area contributed by atoms with Crippen LogP contribution in [0.4, 0.5) is 0 Å². The third-order valence-electron chi connectivity index (χ3n) is 3.44. The molecular formula is C10H18O2. The van der Waals surface area contributed by atoms with Crippen molar-refractivity contribution in [2.24, 2.45) is 0 Å². The highest BCUT2D eigenvalue weighted by Crippen LogP contribution is 2.43. The lowest BCUT2D eigenvalue weighted by Gasteiger charge is -2.28. The first-order valence-corrected chi connectivity index (χ1v) is 4.92. The second kappa shape index (κ2) is 2.46. The Labute approximate surface area is 73.9 Å². The van der Waals surface area contributed by atoms with Crippen molar-refractivity contribution < 1.29 is 9.84 Å². The molecule has 70 valence electrons. The van der Waals surface area contributed by atoms with Crippen LogP contribution in [0.3, 0.4) is 0 Å². The molecule has 2 aliphatic heterocycles. The molecule has 2 aliphatic rings. The summed E-state index contributed by atoms with van der Waals surface area (Å²) in [5.74, 6) is 0. The molecular weight excluding hydrogens is 152 g/mol. The molecule has 2 heteroatoms. The van der Waals surface area contributed by atoms with Gasteiger partial charge in [0.25, 0.3) is 0 Å². The molecule has 0 radical (unpaired) electrons. The fraction of sp³-hybridized carbons (Fsp3) is 1.00. The third kappa shape index (κ3) is 1.27. The Morgan fingerprint density at radius 2 is 2.00 bits per heavy atom. The molecule has 12 heavy (non-hydrogen) atoms. The van der Waals surface area contributed by atoms with E-state index in [0.717, 1.165) is 32.1 Å². The van der Waals surface area contributed by atoms with Crippen molar-refractivity contribution >= 4 is 0 Å². The van der Waals surface area contributed by atoms with E-state index >= 15 is 0 Å². The van der Waals surface area contributed by atoms with Crippen molar-refractivity contribution in [1.29, 1.82) is 0 Å². The molecule has 0 spiro atoms. The second-order valence-corrected chi connectivity index (χ2v) is 4.81. The lowest BCUT2D eigenvalue weighted by Crippen LogP contribution is -2.38. The van der Waals surface area contributed by atoms with E-state index in [0.29, 0.717) is 0 Å². The summed E-state index contributed by atoms with van der Waals surface area (Å²) >= 11 is 0. The van der Waals surface area contributed by atoms with Crippen molar-refractivity contribution in [3.05, 3.63) is 0 Å². The maximum absolute atomic E-state index is 10.0. The van der Waals surface area contributed by atoms with Crippen molar-refractivity contribution in [2.45, 2.75) is 63.3 Å². The maximum atomic E-state index is 10.0. The molecule has 2 saturated heterocycles. The lowest BCUT2D eigenvalue weighted by molar-refractivity contribution is -0.109. The fourth-order valence-corrected chi connectivity index (χ4v) is 2.50. The van der Waals surface area contributed by atoms with Crippen molar-refractivity contribution in [1.82, 2.24) is 0 Å². The minimum absolute atomic E-state index is 0.0746. The Hall–Kier alpha value is -0.0800. The normalized spacial score (nSPS) is 53.8. The number of rotatable bonds is 0. The van der Waals surface area contributed by atoms with E-state index in [1.54, 1.807) is 0 Å². The van der Waals surface area contributed by atoms with Gasteiger partial charge in [0, 0.05) is 0 Å². The zero-order valence-corrected chi connectivity index (χ0v) is 7.97. The van der Waals surface area contributed by atoms with Gasteiger partial charge in [-0.25, -0.2) is 0 Å². The van der Waals surface area contributed by atoms with Gasteiger partial charge in [-0.2, -0.15) is 0 Å². The topological polar surface area (TPSA) is 29.5 Å². The summed E-state index contributed by atoms with van der Waals surface area (Å²) < 4.78 is 5.88. The summed E-state index contributed by atoms with van der Waals surface area (Å²) in [7, 11) is 0. The van der Waals surface area contributed by atoms with Crippen molar-refractivity contribution in [3.63, 3.8) is 0 Å². The van der Waals surface area contributed by atoms with Crippen LogP contribution in [-0.4, -0.2) is 22.4 Å². The van der Waals surface area contributed by atoms with E-state index in [1.165, 1.54) is 0 Å². The quantitative estimate of drug-likeness (QED) is 0.601. The highest BCUT2D eigenvalue weighted by molar-refractivity contribution is 4.97. The van der Waals surface area contributed by atoms with Gasteiger partial charge in [-0.15, -0.1) is 0 Å². The molecule has 0 amide bonds. The SMILES string of the molecule is C[C@@]12CCC[C@](C)(O)[C@@H](CC1)O2. The monoisotopic (exact) mass is 170 g/mol. The number of hydrogen-bond acceptors (Lipinski definition) is 2. The van der Waals surface area contributed by atoms with Crippen LogP contribution in [0.1, 0.15) is 46.0 Å². The lowest BCUT2D eigenvalue weighted by atomic mass is 9.85. The Morgan fingerprint density at radius 3 is 2.75 bits per heavy atom. The Morgan fingerprint density at radius 1 is 1.25 bits per heavy atom. The van der Waals surface area contributed by atoms with Gasteiger partial charge in [0.15, 0.2) is 0 Å². The minimum atomic E-state index is -0.575. The molecule has 2 fully saturated rings. The van der Waals surface area contributed by atoms with Gasteiger partial charge in [-0.05, 0) is 46.0 Å². The van der Waals surface area contributed by atoms with Gasteiger partial charge in [0.2, 0.25) is 0 Å². The Bertz CT molecular complexity index is 188. The van der Waals surface area contributed by atoms with Crippen LogP contribution in [-0.2, 0) is 4.74 Å². The smallest absolute Gasteiger partial charge is 0.0880 e. The predicted molar refractivity (Wildman–Crippen MR) is 47.0 cm³/mol. The summed E-state index contributed by atoms with van der Waals surface area (Å²) in [5, 5.41) is 10.0. The van der Waals surface area contributed by atoms with E-state index in [4.69, 9.17) is 4.74 Å². The molecule has 2 nitrogen and oxygen atoms in total. The third-order valence-corrected chi connectivity index (χ3v) is 3.44. The summed E-state index contributed by atoms with van der Waals surface area (Å²) in [5.41, 5.74) is -0.501. The van der Waals surface area contributed by atoms with Gasteiger partial charge in [0.1, 0.15) is 0 Å². The van der Waals surface area contributed by atoms with Crippen LogP contribution in [0.2, 0.25) is 0 Å². The summed E-state index contributed by atoms with van der Waals surface area (Å²) in [6.45, 7) is 4.09. The van der Waals surface area contributed by atoms with E-state index < -0.39 is 5.60 Å². The standard InChI is InChI=1S/C10H18O2/c1-9-5-3-6-10(2,11)8(12-9)4-7-9/h8,11H,3-7H2,1-2H3/t8-,9-,10+/m1/s1. The highest BCUT2D eigenvalue weighted by atomic mass is 16.5. The van der Waals surface area contributed by atoms with E-state index in [1.807, 2.05) is 6.92 Å². The highest BCUT2D eigenvalue weighted by Gasteiger charge is 2.46. The first-order valence-electron chi connectivity index (χ1n) is 4.92. The van der Waals surface area contributed by atoms with E-state index in [2.05, 4.69) is 6.92 Å². The second-order valence-electron chi connectivity index (χ2n) is 4.81. The number of fused-ring (bicyclic) bond motifs is 2. The van der Waals surface area contributed by atoms with Gasteiger partial charge >= 0.3 is 0 Å². The molecule has 1 N–H and O–H groups in total. The Kier molecular flexibility index (Phi) is 1.74. The van der Waals surface area contributed by atoms with E-state index in [9.17, 15) is 5.11 Å². The largest absolute Gasteiger partial charge is 0.387 e. The average Bonchev–Trinajstić information content (AvgIpc) is 2.27. The number of ether oxygens (including phenoxy) is 1. The Balaban J connectivity index is 2.19. The number of aliphatic hydroxyl groups is 1. The van der Waals surface area contributed by atoms with Gasteiger partial charge in [0.05, 0.1) is 17.3 Å². The molecule has 3 atom stereocenters. The van der Waals surface area contributed by atoms with Gasteiger partial charge in [-0.3, -0.25) is 0 Å². The average molecular weight is 170 g/mol. The van der Waals surface area contributed by atoms with Crippen molar-refractivity contribution in [3.8, 4) is 0 Å². The molecule has 0 aromatic carbocycles. The molecule has 0 aromatic heterocycles. The summed E-state index contributed by atoms with van der Waals surface area (Å²) in [6, 6.07) is 0. The van der Waals surface area contributed by atoms with Crippen LogP contribution < -0.4 is 0 Å². The summed E-state index contributed by atoms with van der Waals surface area (Å²) in [6.07, 6.45) is 5.34. The van der Waals surface area contributed by atoms with Crippen LogP contribution >= 0.6 is 0 Å². The first-order chi connectivity index (χ1) is 5.52.